The number of nitrogens with zero attached hydrogens (tertiary/aromatic N) is 2. The van der Waals surface area contributed by atoms with E-state index in [0.29, 0.717) is 54.3 Å². The number of fused-ring (bicyclic) bond motifs is 6. The van der Waals surface area contributed by atoms with Crippen LogP contribution in [0.25, 0.3) is 77.2 Å². The van der Waals surface area contributed by atoms with Crippen molar-refractivity contribution in [2.45, 2.75) is 26.7 Å². The molecule has 2 heterocycles. The van der Waals surface area contributed by atoms with Crippen molar-refractivity contribution in [3.05, 3.63) is 186 Å². The van der Waals surface area contributed by atoms with Crippen LogP contribution in [0.3, 0.4) is 0 Å². The van der Waals surface area contributed by atoms with Crippen molar-refractivity contribution in [3.8, 4) is 50.9 Å². The minimum Gasteiger partial charge on any atom is -0.505 e. The number of phenolic OH excluding ortho intramolecular Hbond substituents is 2. The minimum atomic E-state index is 0.140. The quantitative estimate of drug-likeness (QED) is 0.128. The average molecular weight is 799 g/mol. The Labute approximate surface area is 355 Å². The molecule has 0 aliphatic heterocycles. The molecular formula is C55H46N2O4. The maximum Gasteiger partial charge on any atom is 0.147 e. The highest BCUT2D eigenvalue weighted by atomic mass is 16.5. The van der Waals surface area contributed by atoms with Gasteiger partial charge < -0.3 is 28.8 Å². The Bertz CT molecular complexity index is 2970. The smallest absolute Gasteiger partial charge is 0.147 e. The summed E-state index contributed by atoms with van der Waals surface area (Å²) >= 11 is 0. The number of aromatic hydroxyl groups is 2. The van der Waals surface area contributed by atoms with Gasteiger partial charge in [0.1, 0.15) is 17.2 Å². The Morgan fingerprint density at radius 1 is 0.443 bits per heavy atom. The molecule has 6 heteroatoms. The number of hydrogen-bond acceptors (Lipinski definition) is 4. The van der Waals surface area contributed by atoms with Crippen LogP contribution in [0.15, 0.2) is 164 Å². The van der Waals surface area contributed by atoms with Gasteiger partial charge in [-0.05, 0) is 103 Å². The zero-order chi connectivity index (χ0) is 41.6. The molecule has 2 N–H and O–H groups in total. The highest BCUT2D eigenvalue weighted by Crippen LogP contribution is 2.50. The first-order valence-electron chi connectivity index (χ1n) is 20.9. The number of aromatic nitrogens is 2. The molecule has 0 atom stereocenters. The van der Waals surface area contributed by atoms with Gasteiger partial charge in [-0.25, -0.2) is 0 Å². The maximum absolute atomic E-state index is 12.8. The van der Waals surface area contributed by atoms with E-state index < -0.39 is 0 Å². The number of benzene rings is 8. The van der Waals surface area contributed by atoms with E-state index in [1.54, 1.807) is 7.11 Å². The van der Waals surface area contributed by atoms with Crippen molar-refractivity contribution in [1.29, 1.82) is 0 Å². The standard InChI is InChI=1S/C55H46N2O4/c1-35-28-43(53(58)51(30-35)56-47-22-11-7-18-39(47)40-19-8-12-23-48(40)56)45-33-38(32-37-16-5-4-6-17-37)34-46(55(45)61-27-15-26-60-3)44-29-36(2)31-52(54(44)59)57-49-24-13-9-20-41(49)42-21-10-14-25-50(42)57/h4-14,16-25,28-31,33-34,58-59H,15,26-27,32H2,1-3H3. The number of hydrogen-bond donors (Lipinski definition) is 2. The van der Waals surface area contributed by atoms with Gasteiger partial charge in [-0.1, -0.05) is 103 Å². The first-order valence-corrected chi connectivity index (χ1v) is 20.9. The highest BCUT2D eigenvalue weighted by Gasteiger charge is 2.26. The summed E-state index contributed by atoms with van der Waals surface area (Å²) in [6.07, 6.45) is 1.28. The van der Waals surface area contributed by atoms with Gasteiger partial charge in [0.2, 0.25) is 0 Å². The molecule has 10 rings (SSSR count). The minimum absolute atomic E-state index is 0.140. The molecule has 2 aromatic heterocycles. The number of methoxy groups -OCH3 is 1. The third-order valence-corrected chi connectivity index (χ3v) is 11.8. The van der Waals surface area contributed by atoms with E-state index in [1.807, 2.05) is 42.5 Å². The molecule has 0 unspecified atom stereocenters. The second kappa shape index (κ2) is 15.7. The largest absolute Gasteiger partial charge is 0.505 e. The highest BCUT2D eigenvalue weighted by molar-refractivity contribution is 6.11. The second-order valence-corrected chi connectivity index (χ2v) is 16.0. The molecule has 0 saturated heterocycles. The zero-order valence-electron chi connectivity index (χ0n) is 34.5. The summed E-state index contributed by atoms with van der Waals surface area (Å²) in [6.45, 7) is 5.03. The SMILES string of the molecule is COCCCOc1c(-c2cc(C)cc(-n3c4ccccc4c4ccccc43)c2O)cc(Cc2ccccc2)cc1-c1cc(C)cc(-n2c3ccccc3c3ccccc32)c1O. The summed E-state index contributed by atoms with van der Waals surface area (Å²) in [6, 6.07) is 56.2. The van der Waals surface area contributed by atoms with E-state index in [4.69, 9.17) is 9.47 Å². The first-order chi connectivity index (χ1) is 29.9. The Balaban J connectivity index is 1.26. The van der Waals surface area contributed by atoms with Crippen LogP contribution in [-0.2, 0) is 11.2 Å². The maximum atomic E-state index is 12.8. The van der Waals surface area contributed by atoms with Gasteiger partial charge in [-0.3, -0.25) is 0 Å². The van der Waals surface area contributed by atoms with Gasteiger partial charge in [-0.15, -0.1) is 0 Å². The lowest BCUT2D eigenvalue weighted by Gasteiger charge is -2.23. The van der Waals surface area contributed by atoms with E-state index in [0.717, 1.165) is 77.0 Å². The molecule has 61 heavy (non-hydrogen) atoms. The number of ether oxygens (including phenoxy) is 2. The Kier molecular flexibility index (Phi) is 9.78. The van der Waals surface area contributed by atoms with Crippen molar-refractivity contribution < 1.29 is 19.7 Å². The molecule has 10 aromatic rings. The van der Waals surface area contributed by atoms with Gasteiger partial charge in [-0.2, -0.15) is 0 Å². The topological polar surface area (TPSA) is 68.8 Å². The van der Waals surface area contributed by atoms with Crippen molar-refractivity contribution in [2.75, 3.05) is 20.3 Å². The van der Waals surface area contributed by atoms with Gasteiger partial charge in [0.15, 0.2) is 0 Å². The zero-order valence-corrected chi connectivity index (χ0v) is 34.5. The third-order valence-electron chi connectivity index (χ3n) is 11.8. The summed E-state index contributed by atoms with van der Waals surface area (Å²) in [5, 5.41) is 30.0. The van der Waals surface area contributed by atoms with Crippen LogP contribution >= 0.6 is 0 Å². The first kappa shape index (κ1) is 38.0. The van der Waals surface area contributed by atoms with Crippen LogP contribution in [-0.4, -0.2) is 39.7 Å². The molecule has 300 valence electrons. The molecule has 0 spiro atoms. The van der Waals surface area contributed by atoms with Crippen LogP contribution in [0.4, 0.5) is 0 Å². The molecule has 0 aliphatic carbocycles. The van der Waals surface area contributed by atoms with E-state index >= 15 is 0 Å². The summed E-state index contributed by atoms with van der Waals surface area (Å²) in [7, 11) is 1.69. The third kappa shape index (κ3) is 6.66. The van der Waals surface area contributed by atoms with Crippen molar-refractivity contribution in [3.63, 3.8) is 0 Å². The van der Waals surface area contributed by atoms with Gasteiger partial charge >= 0.3 is 0 Å². The van der Waals surface area contributed by atoms with Gasteiger partial charge in [0, 0.05) is 63.9 Å². The number of aryl methyl sites for hydroxylation is 2. The van der Waals surface area contributed by atoms with Crippen LogP contribution in [0.1, 0.15) is 28.7 Å². The van der Waals surface area contributed by atoms with E-state index in [1.165, 1.54) is 0 Å². The molecule has 0 bridgehead atoms. The summed E-state index contributed by atoms with van der Waals surface area (Å²) in [5.74, 6) is 0.859. The number of phenols is 2. The van der Waals surface area contributed by atoms with E-state index in [-0.39, 0.29) is 11.5 Å². The van der Waals surface area contributed by atoms with E-state index in [9.17, 15) is 10.2 Å². The van der Waals surface area contributed by atoms with Crippen molar-refractivity contribution >= 4 is 43.6 Å². The molecule has 0 aliphatic rings. The summed E-state index contributed by atoms with van der Waals surface area (Å²) < 4.78 is 16.7. The lowest BCUT2D eigenvalue weighted by molar-refractivity contribution is 0.172. The van der Waals surface area contributed by atoms with E-state index in [2.05, 4.69) is 144 Å². The molecule has 0 radical (unpaired) electrons. The lowest BCUT2D eigenvalue weighted by Crippen LogP contribution is -2.06. The van der Waals surface area contributed by atoms with Gasteiger partial charge in [0.05, 0.1) is 40.0 Å². The number of rotatable bonds is 11. The monoisotopic (exact) mass is 798 g/mol. The molecular weight excluding hydrogens is 753 g/mol. The van der Waals surface area contributed by atoms with Crippen molar-refractivity contribution in [1.82, 2.24) is 9.13 Å². The Hall–Kier alpha value is -7.28. The van der Waals surface area contributed by atoms with Crippen LogP contribution in [0.2, 0.25) is 0 Å². The Morgan fingerprint density at radius 3 is 1.28 bits per heavy atom. The molecule has 0 fully saturated rings. The predicted octanol–water partition coefficient (Wildman–Crippen LogP) is 13.2. The summed E-state index contributed by atoms with van der Waals surface area (Å²) in [4.78, 5) is 0. The normalized spacial score (nSPS) is 11.7. The fourth-order valence-electron chi connectivity index (χ4n) is 9.19. The van der Waals surface area contributed by atoms with Crippen molar-refractivity contribution in [2.24, 2.45) is 0 Å². The molecule has 0 saturated carbocycles. The second-order valence-electron chi connectivity index (χ2n) is 16.0. The molecule has 6 nitrogen and oxygen atoms in total. The molecule has 8 aromatic carbocycles. The van der Waals surface area contributed by atoms with Crippen LogP contribution in [0.5, 0.6) is 17.2 Å². The fourth-order valence-corrected chi connectivity index (χ4v) is 9.19. The molecule has 0 amide bonds. The fraction of sp³-hybridized carbons (Fsp3) is 0.127. The predicted molar refractivity (Wildman–Crippen MR) is 250 cm³/mol. The lowest BCUT2D eigenvalue weighted by atomic mass is 9.90. The van der Waals surface area contributed by atoms with Crippen LogP contribution < -0.4 is 4.74 Å². The summed E-state index contributed by atoms with van der Waals surface area (Å²) in [5.41, 5.74) is 12.3. The number of para-hydroxylation sites is 4. The van der Waals surface area contributed by atoms with Gasteiger partial charge in [0.25, 0.3) is 0 Å². The Morgan fingerprint density at radius 2 is 0.852 bits per heavy atom. The average Bonchev–Trinajstić information content (AvgIpc) is 3.80. The van der Waals surface area contributed by atoms with Crippen LogP contribution in [0, 0.1) is 13.8 Å².